The van der Waals surface area contributed by atoms with E-state index in [0.29, 0.717) is 6.04 Å². The van der Waals surface area contributed by atoms with E-state index in [9.17, 15) is 0 Å². The fourth-order valence-corrected chi connectivity index (χ4v) is 3.14. The molecule has 0 saturated heterocycles. The zero-order valence-electron chi connectivity index (χ0n) is 14.9. The van der Waals surface area contributed by atoms with Gasteiger partial charge in [-0.1, -0.05) is 30.3 Å². The van der Waals surface area contributed by atoms with Crippen LogP contribution in [0.4, 0.5) is 0 Å². The Labute approximate surface area is 153 Å². The highest BCUT2D eigenvalue weighted by atomic mass is 15.2. The first-order valence-electron chi connectivity index (χ1n) is 8.70. The SMILES string of the molecule is C[C@H](c1ccncc1)N(C)Cc1cnc2c(-c3ccccc3)cnn2c1. The summed E-state index contributed by atoms with van der Waals surface area (Å²) in [4.78, 5) is 11.1. The predicted molar refractivity (Wildman–Crippen MR) is 103 cm³/mol. The third-order valence-electron chi connectivity index (χ3n) is 4.78. The molecule has 5 heteroatoms. The molecule has 0 spiro atoms. The molecule has 0 unspecified atom stereocenters. The molecule has 0 N–H and O–H groups in total. The van der Waals surface area contributed by atoms with Crippen molar-refractivity contribution in [2.24, 2.45) is 0 Å². The average molecular weight is 343 g/mol. The molecule has 0 amide bonds. The van der Waals surface area contributed by atoms with Crippen LogP contribution in [-0.4, -0.2) is 31.5 Å². The molecule has 4 aromatic rings. The maximum Gasteiger partial charge on any atom is 0.162 e. The lowest BCUT2D eigenvalue weighted by molar-refractivity contribution is 0.252. The molecule has 4 rings (SSSR count). The van der Waals surface area contributed by atoms with Crippen molar-refractivity contribution in [2.45, 2.75) is 19.5 Å². The molecule has 3 aromatic heterocycles. The monoisotopic (exact) mass is 343 g/mol. The van der Waals surface area contributed by atoms with Gasteiger partial charge in [-0.2, -0.15) is 5.10 Å². The first-order valence-corrected chi connectivity index (χ1v) is 8.70. The Kier molecular flexibility index (Phi) is 4.46. The number of fused-ring (bicyclic) bond motifs is 1. The molecule has 1 aromatic carbocycles. The molecule has 1 atom stereocenters. The van der Waals surface area contributed by atoms with Crippen molar-refractivity contribution in [3.8, 4) is 11.1 Å². The van der Waals surface area contributed by atoms with Crippen LogP contribution in [0, 0.1) is 0 Å². The zero-order chi connectivity index (χ0) is 17.9. The van der Waals surface area contributed by atoms with Gasteiger partial charge in [-0.05, 0) is 37.2 Å². The summed E-state index contributed by atoms with van der Waals surface area (Å²) < 4.78 is 1.86. The smallest absolute Gasteiger partial charge is 0.162 e. The van der Waals surface area contributed by atoms with Crippen molar-refractivity contribution in [2.75, 3.05) is 7.05 Å². The minimum Gasteiger partial charge on any atom is -0.295 e. The number of hydrogen-bond acceptors (Lipinski definition) is 4. The maximum atomic E-state index is 4.67. The highest BCUT2D eigenvalue weighted by Crippen LogP contribution is 2.24. The van der Waals surface area contributed by atoms with Gasteiger partial charge in [0.15, 0.2) is 5.65 Å². The highest BCUT2D eigenvalue weighted by Gasteiger charge is 2.13. The summed E-state index contributed by atoms with van der Waals surface area (Å²) in [5.74, 6) is 0. The van der Waals surface area contributed by atoms with Crippen LogP contribution in [0.3, 0.4) is 0 Å². The Bertz CT molecular complexity index is 995. The second-order valence-electron chi connectivity index (χ2n) is 6.53. The van der Waals surface area contributed by atoms with Crippen molar-refractivity contribution in [3.63, 3.8) is 0 Å². The lowest BCUT2D eigenvalue weighted by Gasteiger charge is -2.24. The van der Waals surface area contributed by atoms with E-state index in [-0.39, 0.29) is 0 Å². The summed E-state index contributed by atoms with van der Waals surface area (Å²) >= 11 is 0. The van der Waals surface area contributed by atoms with Crippen LogP contribution in [0.2, 0.25) is 0 Å². The predicted octanol–water partition coefficient (Wildman–Crippen LogP) is 3.98. The molecule has 3 heterocycles. The fraction of sp³-hybridized carbons (Fsp3) is 0.190. The van der Waals surface area contributed by atoms with Gasteiger partial charge in [0.1, 0.15) is 0 Å². The highest BCUT2D eigenvalue weighted by molar-refractivity contribution is 5.76. The van der Waals surface area contributed by atoms with E-state index in [4.69, 9.17) is 0 Å². The maximum absolute atomic E-state index is 4.67. The van der Waals surface area contributed by atoms with Gasteiger partial charge in [0, 0.05) is 48.5 Å². The van der Waals surface area contributed by atoms with E-state index < -0.39 is 0 Å². The van der Waals surface area contributed by atoms with Crippen molar-refractivity contribution in [1.82, 2.24) is 24.5 Å². The van der Waals surface area contributed by atoms with Gasteiger partial charge in [0.25, 0.3) is 0 Å². The molecule has 0 aliphatic rings. The molecule has 5 nitrogen and oxygen atoms in total. The normalized spacial score (nSPS) is 12.6. The molecule has 130 valence electrons. The number of nitrogens with zero attached hydrogens (tertiary/aromatic N) is 5. The first-order chi connectivity index (χ1) is 12.7. The molecule has 0 bridgehead atoms. The second kappa shape index (κ2) is 7.06. The van der Waals surface area contributed by atoms with Crippen LogP contribution in [0.1, 0.15) is 24.1 Å². The summed E-state index contributed by atoms with van der Waals surface area (Å²) in [5, 5.41) is 4.49. The summed E-state index contributed by atoms with van der Waals surface area (Å²) in [7, 11) is 2.12. The van der Waals surface area contributed by atoms with Crippen LogP contribution < -0.4 is 0 Å². The summed E-state index contributed by atoms with van der Waals surface area (Å²) in [5.41, 5.74) is 5.44. The molecular formula is C21H21N5. The van der Waals surface area contributed by atoms with Gasteiger partial charge in [0.05, 0.1) is 6.20 Å². The van der Waals surface area contributed by atoms with E-state index in [2.05, 4.69) is 64.4 Å². The minimum atomic E-state index is 0.297. The third-order valence-corrected chi connectivity index (χ3v) is 4.78. The molecule has 0 fully saturated rings. The molecular weight excluding hydrogens is 322 g/mol. The fourth-order valence-electron chi connectivity index (χ4n) is 3.14. The van der Waals surface area contributed by atoms with Crippen LogP contribution in [0.25, 0.3) is 16.8 Å². The Balaban J connectivity index is 1.57. The van der Waals surface area contributed by atoms with Gasteiger partial charge in [0.2, 0.25) is 0 Å². The van der Waals surface area contributed by atoms with Gasteiger partial charge in [-0.3, -0.25) is 9.88 Å². The van der Waals surface area contributed by atoms with Gasteiger partial charge >= 0.3 is 0 Å². The Hall–Kier alpha value is -3.05. The Morgan fingerprint density at radius 1 is 1.04 bits per heavy atom. The number of pyridine rings is 1. The number of rotatable bonds is 5. The lowest BCUT2D eigenvalue weighted by atomic mass is 10.1. The van der Waals surface area contributed by atoms with E-state index in [1.165, 1.54) is 5.56 Å². The quantitative estimate of drug-likeness (QED) is 0.550. The van der Waals surface area contributed by atoms with Gasteiger partial charge < -0.3 is 0 Å². The molecule has 0 aliphatic carbocycles. The summed E-state index contributed by atoms with van der Waals surface area (Å²) in [6.45, 7) is 3.00. The minimum absolute atomic E-state index is 0.297. The third kappa shape index (κ3) is 3.21. The molecule has 26 heavy (non-hydrogen) atoms. The Morgan fingerprint density at radius 3 is 2.58 bits per heavy atom. The standard InChI is InChI=1S/C21H21N5/c1-16(18-8-10-22-11-9-18)25(2)14-17-12-23-21-20(13-24-26(21)15-17)19-6-4-3-5-7-19/h3-13,15-16H,14H2,1-2H3/t16-/m1/s1. The molecule has 0 saturated carbocycles. The molecule has 0 radical (unpaired) electrons. The van der Waals surface area contributed by atoms with Crippen LogP contribution in [-0.2, 0) is 6.54 Å². The first kappa shape index (κ1) is 16.4. The zero-order valence-corrected chi connectivity index (χ0v) is 14.9. The van der Waals surface area contributed by atoms with Crippen molar-refractivity contribution in [1.29, 1.82) is 0 Å². The van der Waals surface area contributed by atoms with Crippen LogP contribution >= 0.6 is 0 Å². The summed E-state index contributed by atoms with van der Waals surface area (Å²) in [6, 6.07) is 14.6. The topological polar surface area (TPSA) is 46.3 Å². The number of benzene rings is 1. The van der Waals surface area contributed by atoms with Gasteiger partial charge in [-0.25, -0.2) is 9.50 Å². The van der Waals surface area contributed by atoms with E-state index in [1.807, 2.05) is 47.5 Å². The average Bonchev–Trinajstić information content (AvgIpc) is 3.12. The van der Waals surface area contributed by atoms with Crippen molar-refractivity contribution < 1.29 is 0 Å². The van der Waals surface area contributed by atoms with Gasteiger partial charge in [-0.15, -0.1) is 0 Å². The van der Waals surface area contributed by atoms with Crippen LogP contribution in [0.15, 0.2) is 73.4 Å². The Morgan fingerprint density at radius 2 is 1.81 bits per heavy atom. The largest absolute Gasteiger partial charge is 0.295 e. The second-order valence-corrected chi connectivity index (χ2v) is 6.53. The van der Waals surface area contributed by atoms with E-state index in [1.54, 1.807) is 0 Å². The summed E-state index contributed by atoms with van der Waals surface area (Å²) in [6.07, 6.45) is 9.55. The number of aromatic nitrogens is 4. The van der Waals surface area contributed by atoms with Crippen LogP contribution in [0.5, 0.6) is 0 Å². The number of hydrogen-bond donors (Lipinski definition) is 0. The molecule has 0 aliphatic heterocycles. The van der Waals surface area contributed by atoms with E-state index in [0.717, 1.165) is 28.9 Å². The lowest BCUT2D eigenvalue weighted by Crippen LogP contribution is -2.22. The van der Waals surface area contributed by atoms with Crippen molar-refractivity contribution in [3.05, 3.63) is 84.6 Å². The van der Waals surface area contributed by atoms with E-state index >= 15 is 0 Å². The van der Waals surface area contributed by atoms with Crippen molar-refractivity contribution >= 4 is 5.65 Å².